The van der Waals surface area contributed by atoms with Gasteiger partial charge in [0, 0.05) is 11.4 Å². The minimum Gasteiger partial charge on any atom is -0.257 e. The van der Waals surface area contributed by atoms with Crippen LogP contribution < -0.4 is 10.1 Å². The molecule has 0 aromatic heterocycles. The summed E-state index contributed by atoms with van der Waals surface area (Å²) in [5, 5.41) is 12.8. The van der Waals surface area contributed by atoms with Crippen molar-refractivity contribution >= 4 is 33.0 Å². The van der Waals surface area contributed by atoms with Crippen LogP contribution in [-0.4, -0.2) is 14.1 Å². The molecular formula is C27H22ClN3O2S. The summed E-state index contributed by atoms with van der Waals surface area (Å²) < 4.78 is 23.3. The molecule has 1 aliphatic heterocycles. The number of hydrogen-bond donors (Lipinski definition) is 1. The van der Waals surface area contributed by atoms with Crippen molar-refractivity contribution < 1.29 is 8.42 Å². The van der Waals surface area contributed by atoms with Gasteiger partial charge in [-0.05, 0) is 58.7 Å². The fourth-order valence-electron chi connectivity index (χ4n) is 4.14. The average molecular weight is 488 g/mol. The van der Waals surface area contributed by atoms with Gasteiger partial charge in [0.2, 0.25) is 10.0 Å². The van der Waals surface area contributed by atoms with E-state index < -0.39 is 10.0 Å². The molecule has 0 bridgehead atoms. The second-order valence-electron chi connectivity index (χ2n) is 8.15. The lowest BCUT2D eigenvalue weighted by molar-refractivity contribution is 0.597. The van der Waals surface area contributed by atoms with Crippen LogP contribution in [0.4, 0.5) is 5.69 Å². The molecule has 1 aliphatic rings. The van der Waals surface area contributed by atoms with Crippen molar-refractivity contribution in [3.63, 3.8) is 0 Å². The van der Waals surface area contributed by atoms with Gasteiger partial charge in [-0.15, -0.1) is 0 Å². The normalized spacial score (nSPS) is 15.9. The standard InChI is InChI=1S/C27H22ClN3O2S/c28-23-12-10-22(11-13-23)27-18-26(21-8-6-20(7-9-21)19-4-2-1-3-5-19)30-31(27)24-14-16-25(17-15-24)34(29,32)33/h1-17,27H,18H2,(H2,29,32,33). The molecule has 1 atom stereocenters. The first-order valence-electron chi connectivity index (χ1n) is 10.8. The molecule has 0 aliphatic carbocycles. The molecule has 0 radical (unpaired) electrons. The predicted molar refractivity (Wildman–Crippen MR) is 138 cm³/mol. The molecule has 5 rings (SSSR count). The fourth-order valence-corrected chi connectivity index (χ4v) is 4.78. The SMILES string of the molecule is NS(=O)(=O)c1ccc(N2N=C(c3ccc(-c4ccccc4)cc3)CC2c2ccc(Cl)cc2)cc1. The Hall–Kier alpha value is -3.45. The van der Waals surface area contributed by atoms with Gasteiger partial charge in [-0.1, -0.05) is 78.3 Å². The maximum atomic E-state index is 11.7. The van der Waals surface area contributed by atoms with Gasteiger partial charge in [-0.3, -0.25) is 5.01 Å². The largest absolute Gasteiger partial charge is 0.257 e. The number of primary sulfonamides is 1. The molecule has 0 saturated heterocycles. The van der Waals surface area contributed by atoms with E-state index in [2.05, 4.69) is 36.4 Å². The summed E-state index contributed by atoms with van der Waals surface area (Å²) in [6, 6.07) is 32.8. The maximum Gasteiger partial charge on any atom is 0.238 e. The van der Waals surface area contributed by atoms with E-state index in [1.165, 1.54) is 12.1 Å². The third-order valence-electron chi connectivity index (χ3n) is 5.92. The van der Waals surface area contributed by atoms with Gasteiger partial charge in [-0.25, -0.2) is 13.6 Å². The van der Waals surface area contributed by atoms with Gasteiger partial charge in [0.15, 0.2) is 0 Å². The van der Waals surface area contributed by atoms with Crippen LogP contribution in [0, 0.1) is 0 Å². The van der Waals surface area contributed by atoms with Gasteiger partial charge >= 0.3 is 0 Å². The van der Waals surface area contributed by atoms with E-state index in [1.54, 1.807) is 12.1 Å². The van der Waals surface area contributed by atoms with Crippen molar-refractivity contribution in [1.82, 2.24) is 0 Å². The second kappa shape index (κ2) is 9.06. The van der Waals surface area contributed by atoms with E-state index >= 15 is 0 Å². The van der Waals surface area contributed by atoms with Gasteiger partial charge in [0.1, 0.15) is 0 Å². The smallest absolute Gasteiger partial charge is 0.238 e. The minimum absolute atomic E-state index is 0.0543. The number of nitrogens with two attached hydrogens (primary N) is 1. The highest BCUT2D eigenvalue weighted by Gasteiger charge is 2.30. The first-order chi connectivity index (χ1) is 16.4. The van der Waals surface area contributed by atoms with Crippen LogP contribution in [0.25, 0.3) is 11.1 Å². The second-order valence-corrected chi connectivity index (χ2v) is 10.1. The summed E-state index contributed by atoms with van der Waals surface area (Å²) in [6.45, 7) is 0. The lowest BCUT2D eigenvalue weighted by atomic mass is 9.96. The van der Waals surface area contributed by atoms with Crippen LogP contribution in [0.1, 0.15) is 23.6 Å². The molecule has 0 fully saturated rings. The van der Waals surface area contributed by atoms with Crippen molar-refractivity contribution in [2.24, 2.45) is 10.2 Å². The highest BCUT2D eigenvalue weighted by molar-refractivity contribution is 7.89. The Morgan fingerprint density at radius 3 is 1.97 bits per heavy atom. The zero-order valence-corrected chi connectivity index (χ0v) is 19.7. The molecule has 1 heterocycles. The van der Waals surface area contributed by atoms with Crippen molar-refractivity contribution in [3.05, 3.63) is 119 Å². The maximum absolute atomic E-state index is 11.7. The van der Waals surface area contributed by atoms with Gasteiger partial charge in [-0.2, -0.15) is 5.10 Å². The molecule has 1 unspecified atom stereocenters. The Labute approximate surface area is 204 Å². The van der Waals surface area contributed by atoms with Crippen LogP contribution in [0.3, 0.4) is 0 Å². The van der Waals surface area contributed by atoms with Crippen LogP contribution >= 0.6 is 11.6 Å². The lowest BCUT2D eigenvalue weighted by Gasteiger charge is -2.24. The van der Waals surface area contributed by atoms with Crippen LogP contribution in [-0.2, 0) is 10.0 Å². The first-order valence-corrected chi connectivity index (χ1v) is 12.7. The van der Waals surface area contributed by atoms with Crippen molar-refractivity contribution in [2.75, 3.05) is 5.01 Å². The molecule has 34 heavy (non-hydrogen) atoms. The minimum atomic E-state index is -3.76. The van der Waals surface area contributed by atoms with Gasteiger partial charge < -0.3 is 0 Å². The highest BCUT2D eigenvalue weighted by Crippen LogP contribution is 2.37. The number of anilines is 1. The number of halogens is 1. The monoisotopic (exact) mass is 487 g/mol. The molecule has 0 spiro atoms. The zero-order chi connectivity index (χ0) is 23.7. The number of rotatable bonds is 5. The van der Waals surface area contributed by atoms with Crippen LogP contribution in [0.2, 0.25) is 5.02 Å². The summed E-state index contributed by atoms with van der Waals surface area (Å²) in [7, 11) is -3.76. The van der Waals surface area contributed by atoms with E-state index in [-0.39, 0.29) is 10.9 Å². The molecule has 2 N–H and O–H groups in total. The molecule has 170 valence electrons. The van der Waals surface area contributed by atoms with Gasteiger partial charge in [0.25, 0.3) is 0 Å². The lowest BCUT2D eigenvalue weighted by Crippen LogP contribution is -2.19. The molecule has 5 nitrogen and oxygen atoms in total. The van der Waals surface area contributed by atoms with Gasteiger partial charge in [0.05, 0.1) is 22.3 Å². The Morgan fingerprint density at radius 1 is 0.765 bits per heavy atom. The van der Waals surface area contributed by atoms with E-state index in [9.17, 15) is 8.42 Å². The summed E-state index contributed by atoms with van der Waals surface area (Å²) in [5.74, 6) is 0. The van der Waals surface area contributed by atoms with E-state index in [4.69, 9.17) is 21.8 Å². The number of hydrazone groups is 1. The molecule has 7 heteroatoms. The van der Waals surface area contributed by atoms with Crippen molar-refractivity contribution in [3.8, 4) is 11.1 Å². The molecule has 0 amide bonds. The van der Waals surface area contributed by atoms with Crippen LogP contribution in [0.5, 0.6) is 0 Å². The van der Waals surface area contributed by atoms with E-state index in [0.29, 0.717) is 11.4 Å². The topological polar surface area (TPSA) is 75.8 Å². The Bertz CT molecular complexity index is 1440. The third-order valence-corrected chi connectivity index (χ3v) is 7.10. The van der Waals surface area contributed by atoms with Crippen LogP contribution in [0.15, 0.2) is 113 Å². The summed E-state index contributed by atoms with van der Waals surface area (Å²) in [4.78, 5) is 0.0687. The number of nitrogens with zero attached hydrogens (tertiary/aromatic N) is 2. The Kier molecular flexibility index (Phi) is 5.96. The fraction of sp³-hybridized carbons (Fsp3) is 0.0741. The van der Waals surface area contributed by atoms with Crippen molar-refractivity contribution in [1.29, 1.82) is 0 Å². The van der Waals surface area contributed by atoms with E-state index in [0.717, 1.165) is 33.7 Å². The van der Waals surface area contributed by atoms with Crippen molar-refractivity contribution in [2.45, 2.75) is 17.4 Å². The number of benzene rings is 4. The Morgan fingerprint density at radius 2 is 1.35 bits per heavy atom. The predicted octanol–water partition coefficient (Wildman–Crippen LogP) is 6.01. The quantitative estimate of drug-likeness (QED) is 0.374. The number of sulfonamides is 1. The molecule has 0 saturated carbocycles. The third kappa shape index (κ3) is 4.61. The molecular weight excluding hydrogens is 466 g/mol. The molecule has 4 aromatic rings. The average Bonchev–Trinajstić information content (AvgIpc) is 3.30. The summed E-state index contributed by atoms with van der Waals surface area (Å²) in [6.07, 6.45) is 0.698. The molecule has 4 aromatic carbocycles. The first kappa shape index (κ1) is 22.3. The zero-order valence-electron chi connectivity index (χ0n) is 18.2. The highest BCUT2D eigenvalue weighted by atomic mass is 35.5. The summed E-state index contributed by atoms with van der Waals surface area (Å²) in [5.41, 5.74) is 6.16. The van der Waals surface area contributed by atoms with E-state index in [1.807, 2.05) is 47.5 Å². The number of hydrogen-bond acceptors (Lipinski definition) is 4. The Balaban J connectivity index is 1.50. The summed E-state index contributed by atoms with van der Waals surface area (Å²) >= 11 is 6.11.